The van der Waals surface area contributed by atoms with E-state index in [9.17, 15) is 9.59 Å². The van der Waals surface area contributed by atoms with E-state index in [0.717, 1.165) is 16.8 Å². The summed E-state index contributed by atoms with van der Waals surface area (Å²) in [5, 5.41) is 2.15. The number of fused-ring (bicyclic) bond motifs is 3. The Morgan fingerprint density at radius 3 is 2.70 bits per heavy atom. The van der Waals surface area contributed by atoms with Crippen LogP contribution in [-0.2, 0) is 24.7 Å². The number of hydroxylamine groups is 2. The van der Waals surface area contributed by atoms with Crippen LogP contribution < -0.4 is 4.90 Å². The van der Waals surface area contributed by atoms with E-state index < -0.39 is 17.6 Å². The Morgan fingerprint density at radius 1 is 1.26 bits per heavy atom. The van der Waals surface area contributed by atoms with Crippen LogP contribution >= 0.6 is 11.6 Å². The largest absolute Gasteiger partial charge is 0.467 e. The molecule has 0 radical (unpaired) electrons. The van der Waals surface area contributed by atoms with Gasteiger partial charge < -0.3 is 9.64 Å². The van der Waals surface area contributed by atoms with Gasteiger partial charge in [0.05, 0.1) is 7.11 Å². The number of carbonyl (C=O) groups excluding carboxylic acids is 2. The second kappa shape index (κ2) is 6.64. The number of methoxy groups -OCH3 is 1. The molecule has 0 aromatic heterocycles. The van der Waals surface area contributed by atoms with Crippen molar-refractivity contribution in [3.05, 3.63) is 64.7 Å². The SMILES string of the molecule is COC(=O)[C@@H]1C[C@@]2(c3ccccc3)c3cc(Cl)ccc3N(C)C(=O)CN2O1. The molecule has 1 amide bonds. The van der Waals surface area contributed by atoms with Gasteiger partial charge in [0.15, 0.2) is 6.10 Å². The van der Waals surface area contributed by atoms with Gasteiger partial charge in [-0.1, -0.05) is 41.9 Å². The fraction of sp³-hybridized carbons (Fsp3) is 0.300. The van der Waals surface area contributed by atoms with Crippen molar-refractivity contribution in [3.8, 4) is 0 Å². The first-order chi connectivity index (χ1) is 13.0. The zero-order chi connectivity index (χ0) is 19.2. The van der Waals surface area contributed by atoms with Gasteiger partial charge in [0.25, 0.3) is 0 Å². The molecule has 6 nitrogen and oxygen atoms in total. The van der Waals surface area contributed by atoms with Gasteiger partial charge in [0.1, 0.15) is 12.1 Å². The van der Waals surface area contributed by atoms with Gasteiger partial charge in [-0.3, -0.25) is 9.63 Å². The third-order valence-electron chi connectivity index (χ3n) is 5.29. The maximum Gasteiger partial charge on any atom is 0.337 e. The van der Waals surface area contributed by atoms with E-state index in [-0.39, 0.29) is 12.5 Å². The van der Waals surface area contributed by atoms with Crippen molar-refractivity contribution in [1.82, 2.24) is 5.06 Å². The first kappa shape index (κ1) is 18.0. The van der Waals surface area contributed by atoms with E-state index in [1.807, 2.05) is 42.5 Å². The highest BCUT2D eigenvalue weighted by atomic mass is 35.5. The lowest BCUT2D eigenvalue weighted by atomic mass is 9.78. The molecule has 2 heterocycles. The van der Waals surface area contributed by atoms with E-state index in [1.54, 1.807) is 23.1 Å². The fourth-order valence-corrected chi connectivity index (χ4v) is 4.12. The van der Waals surface area contributed by atoms with Gasteiger partial charge in [0, 0.05) is 29.7 Å². The van der Waals surface area contributed by atoms with Crippen LogP contribution in [0, 0.1) is 0 Å². The van der Waals surface area contributed by atoms with Crippen LogP contribution in [0.1, 0.15) is 17.5 Å². The van der Waals surface area contributed by atoms with Crippen LogP contribution in [0.2, 0.25) is 5.02 Å². The summed E-state index contributed by atoms with van der Waals surface area (Å²) in [5.41, 5.74) is 1.65. The first-order valence-corrected chi connectivity index (χ1v) is 8.99. The topological polar surface area (TPSA) is 59.1 Å². The van der Waals surface area contributed by atoms with Gasteiger partial charge in [-0.25, -0.2) is 4.79 Å². The number of nitrogens with zero attached hydrogens (tertiary/aromatic N) is 2. The van der Waals surface area contributed by atoms with E-state index >= 15 is 0 Å². The first-order valence-electron chi connectivity index (χ1n) is 8.61. The van der Waals surface area contributed by atoms with Crippen molar-refractivity contribution in [2.45, 2.75) is 18.1 Å². The molecular formula is C20H19ClN2O4. The molecular weight excluding hydrogens is 368 g/mol. The maximum absolute atomic E-state index is 12.8. The van der Waals surface area contributed by atoms with Crippen LogP contribution in [0.25, 0.3) is 0 Å². The van der Waals surface area contributed by atoms with Gasteiger partial charge >= 0.3 is 5.97 Å². The lowest BCUT2D eigenvalue weighted by molar-refractivity contribution is -0.197. The maximum atomic E-state index is 12.8. The molecule has 0 aliphatic carbocycles. The van der Waals surface area contributed by atoms with Gasteiger partial charge in [0.2, 0.25) is 5.91 Å². The Labute approximate surface area is 162 Å². The highest BCUT2D eigenvalue weighted by molar-refractivity contribution is 6.30. The van der Waals surface area contributed by atoms with Crippen molar-refractivity contribution in [2.24, 2.45) is 0 Å². The zero-order valence-corrected chi connectivity index (χ0v) is 15.8. The molecule has 0 N–H and O–H groups in total. The van der Waals surface area contributed by atoms with Gasteiger partial charge in [-0.05, 0) is 23.8 Å². The Balaban J connectivity index is 2.00. The molecule has 7 heteroatoms. The summed E-state index contributed by atoms with van der Waals surface area (Å²) in [6.07, 6.45) is -0.490. The summed E-state index contributed by atoms with van der Waals surface area (Å²) in [5.74, 6) is -0.607. The minimum Gasteiger partial charge on any atom is -0.467 e. The number of amides is 1. The summed E-state index contributed by atoms with van der Waals surface area (Å²) >= 11 is 6.33. The predicted molar refractivity (Wildman–Crippen MR) is 100 cm³/mol. The lowest BCUT2D eigenvalue weighted by Gasteiger charge is -2.36. The third kappa shape index (κ3) is 2.72. The number of rotatable bonds is 2. The molecule has 27 heavy (non-hydrogen) atoms. The fourth-order valence-electron chi connectivity index (χ4n) is 3.95. The number of ether oxygens (including phenoxy) is 1. The summed E-state index contributed by atoms with van der Waals surface area (Å²) < 4.78 is 4.90. The Kier molecular flexibility index (Phi) is 4.42. The number of hydrogen-bond donors (Lipinski definition) is 0. The molecule has 1 fully saturated rings. The second-order valence-electron chi connectivity index (χ2n) is 6.70. The van der Waals surface area contributed by atoms with Crippen molar-refractivity contribution in [1.29, 1.82) is 0 Å². The van der Waals surface area contributed by atoms with E-state index in [0.29, 0.717) is 11.4 Å². The van der Waals surface area contributed by atoms with E-state index in [4.69, 9.17) is 21.2 Å². The van der Waals surface area contributed by atoms with Crippen LogP contribution in [0.4, 0.5) is 5.69 Å². The summed E-state index contributed by atoms with van der Waals surface area (Å²) in [6, 6.07) is 15.1. The second-order valence-corrected chi connectivity index (χ2v) is 7.13. The third-order valence-corrected chi connectivity index (χ3v) is 5.53. The van der Waals surface area contributed by atoms with Crippen LogP contribution in [0.5, 0.6) is 0 Å². The average Bonchev–Trinajstić information content (AvgIpc) is 3.04. The van der Waals surface area contributed by atoms with Crippen molar-refractivity contribution in [3.63, 3.8) is 0 Å². The molecule has 2 aromatic carbocycles. The zero-order valence-electron chi connectivity index (χ0n) is 15.0. The molecule has 140 valence electrons. The number of likely N-dealkylation sites (N-methyl/N-ethyl adjacent to an activating group) is 1. The average molecular weight is 387 g/mol. The molecule has 0 spiro atoms. The Morgan fingerprint density at radius 2 is 2.00 bits per heavy atom. The van der Waals surface area contributed by atoms with Crippen molar-refractivity contribution < 1.29 is 19.2 Å². The van der Waals surface area contributed by atoms with E-state index in [2.05, 4.69) is 0 Å². The Hall–Kier alpha value is -2.41. The number of carbonyl (C=O) groups is 2. The molecule has 2 atom stereocenters. The van der Waals surface area contributed by atoms with Gasteiger partial charge in [-0.2, -0.15) is 5.06 Å². The normalized spacial score (nSPS) is 24.9. The summed E-state index contributed by atoms with van der Waals surface area (Å²) in [7, 11) is 3.06. The predicted octanol–water partition coefficient (Wildman–Crippen LogP) is 2.74. The van der Waals surface area contributed by atoms with Crippen LogP contribution in [0.15, 0.2) is 48.5 Å². The van der Waals surface area contributed by atoms with Gasteiger partial charge in [-0.15, -0.1) is 0 Å². The molecule has 1 saturated heterocycles. The number of anilines is 1. The minimum atomic E-state index is -0.833. The highest BCUT2D eigenvalue weighted by Gasteiger charge is 2.55. The quantitative estimate of drug-likeness (QED) is 0.743. The molecule has 2 aromatic rings. The Bertz CT molecular complexity index is 904. The highest BCUT2D eigenvalue weighted by Crippen LogP contribution is 2.50. The van der Waals surface area contributed by atoms with Crippen molar-refractivity contribution in [2.75, 3.05) is 25.6 Å². The van der Waals surface area contributed by atoms with Crippen molar-refractivity contribution >= 4 is 29.2 Å². The number of esters is 1. The number of benzene rings is 2. The minimum absolute atomic E-state index is 0.00515. The molecule has 0 saturated carbocycles. The molecule has 2 aliphatic rings. The molecule has 4 rings (SSSR count). The standard InChI is InChI=1S/C20H19ClN2O4/c1-22-16-9-8-14(21)10-15(16)20(13-6-4-3-5-7-13)11-17(19(25)26-2)27-23(20)12-18(22)24/h3-10,17H,11-12H2,1-2H3/t17-,20+/m0/s1. The summed E-state index contributed by atoms with van der Waals surface area (Å²) in [4.78, 5) is 32.6. The smallest absolute Gasteiger partial charge is 0.337 e. The lowest BCUT2D eigenvalue weighted by Crippen LogP contribution is -2.43. The molecule has 0 unspecified atom stereocenters. The molecule has 0 bridgehead atoms. The van der Waals surface area contributed by atoms with Crippen LogP contribution in [-0.4, -0.2) is 43.7 Å². The number of hydrogen-bond acceptors (Lipinski definition) is 5. The monoisotopic (exact) mass is 386 g/mol. The summed E-state index contributed by atoms with van der Waals surface area (Å²) in [6.45, 7) is 0.00515. The van der Waals surface area contributed by atoms with Crippen LogP contribution in [0.3, 0.4) is 0 Å². The van der Waals surface area contributed by atoms with E-state index in [1.165, 1.54) is 7.11 Å². The number of halogens is 1. The molecule has 2 aliphatic heterocycles.